The monoisotopic (exact) mass is 1500 g/mol. The Hall–Kier alpha value is -12.8. The van der Waals surface area contributed by atoms with Crippen LogP contribution in [0.1, 0.15) is 111 Å². The maximum atomic E-state index is 13.6. The van der Waals surface area contributed by atoms with E-state index in [-0.39, 0.29) is 97.0 Å². The summed E-state index contributed by atoms with van der Waals surface area (Å²) in [6, 6.07) is 34.0. The zero-order chi connectivity index (χ0) is 78.3. The summed E-state index contributed by atoms with van der Waals surface area (Å²) in [6.45, 7) is 7.98. The number of carbonyl (C=O) groups is 10. The highest BCUT2D eigenvalue weighted by molar-refractivity contribution is 5.94. The Kier molecular flexibility index (Phi) is 20.6. The molecular weight excluding hydrogens is 1420 g/mol. The third-order valence-corrected chi connectivity index (χ3v) is 19.6. The Morgan fingerprint density at radius 1 is 0.455 bits per heavy atom. The van der Waals surface area contributed by atoms with E-state index in [2.05, 4.69) is 31.9 Å². The molecule has 0 aliphatic carbocycles. The molecule has 0 spiro atoms. The topological polar surface area (TPSA) is 423 Å². The number of rotatable bonds is 17. The molecule has 3 aromatic carbocycles. The summed E-state index contributed by atoms with van der Waals surface area (Å²) in [5, 5.41) is 28.0. The molecule has 568 valence electrons. The second kappa shape index (κ2) is 30.1. The predicted molar refractivity (Wildman–Crippen MR) is 392 cm³/mol. The van der Waals surface area contributed by atoms with Gasteiger partial charge in [-0.05, 0) is 102 Å². The van der Waals surface area contributed by atoms with Gasteiger partial charge in [0, 0.05) is 49.5 Å². The molecule has 6 aliphatic heterocycles. The number of nitrogens with one attached hydrogen (secondary N) is 6. The Bertz CT molecular complexity index is 5610. The maximum absolute atomic E-state index is 13.6. The highest BCUT2D eigenvalue weighted by Crippen LogP contribution is 2.44. The number of hydrogen-bond donors (Lipinski definition) is 7. The number of para-hydroxylation sites is 3. The van der Waals surface area contributed by atoms with E-state index in [4.69, 9.17) is 43.4 Å². The molecule has 12 heterocycles. The summed E-state index contributed by atoms with van der Waals surface area (Å²) in [4.78, 5) is 178. The molecule has 5 amide bonds. The van der Waals surface area contributed by atoms with Crippen LogP contribution in [0.15, 0.2) is 124 Å². The van der Waals surface area contributed by atoms with Crippen molar-refractivity contribution in [1.82, 2.24) is 60.6 Å². The second-order valence-corrected chi connectivity index (χ2v) is 27.7. The molecule has 7 N–H and O–H groups in total. The minimum absolute atomic E-state index is 0.000502. The van der Waals surface area contributed by atoms with Crippen LogP contribution in [0, 0.1) is 0 Å². The van der Waals surface area contributed by atoms with Gasteiger partial charge in [-0.3, -0.25) is 43.2 Å². The van der Waals surface area contributed by atoms with Gasteiger partial charge >= 0.3 is 35.9 Å². The highest BCUT2D eigenvalue weighted by Gasteiger charge is 2.53. The number of nitrogens with zero attached hydrogens (tertiary/aromatic N) is 6. The van der Waals surface area contributed by atoms with Crippen LogP contribution in [0.5, 0.6) is 0 Å². The van der Waals surface area contributed by atoms with Gasteiger partial charge in [-0.15, -0.1) is 0 Å². The van der Waals surface area contributed by atoms with E-state index in [1.165, 1.54) is 0 Å². The van der Waals surface area contributed by atoms with E-state index in [0.717, 1.165) is 55.1 Å². The van der Waals surface area contributed by atoms with Gasteiger partial charge in [0.1, 0.15) is 45.1 Å². The molecular formula is C78H76N12O20. The first kappa shape index (κ1) is 75.4. The lowest BCUT2D eigenvalue weighted by Crippen LogP contribution is -2.49. The molecule has 3 atom stereocenters. The number of benzene rings is 3. The lowest BCUT2D eigenvalue weighted by atomic mass is 9.85. The third kappa shape index (κ3) is 14.3. The first-order valence-electron chi connectivity index (χ1n) is 35.5. The number of aromatic nitrogens is 6. The number of ether oxygens (including phenoxy) is 6. The molecule has 9 aromatic rings. The smallest absolute Gasteiger partial charge is 0.408 e. The average Bonchev–Trinajstić information content (AvgIpc) is 1.55. The fourth-order valence-corrected chi connectivity index (χ4v) is 14.1. The van der Waals surface area contributed by atoms with E-state index < -0.39 is 102 Å². The van der Waals surface area contributed by atoms with Gasteiger partial charge in [-0.2, -0.15) is 0 Å². The van der Waals surface area contributed by atoms with Crippen LogP contribution in [-0.4, -0.2) is 145 Å². The van der Waals surface area contributed by atoms with Crippen LogP contribution in [-0.2, 0) is 128 Å². The minimum Gasteiger partial charge on any atom is -0.458 e. The zero-order valence-corrected chi connectivity index (χ0v) is 60.9. The molecule has 0 saturated carbocycles. The van der Waals surface area contributed by atoms with Crippen molar-refractivity contribution in [2.75, 3.05) is 46.3 Å². The van der Waals surface area contributed by atoms with E-state index in [1.54, 1.807) is 80.5 Å². The van der Waals surface area contributed by atoms with Crippen LogP contribution in [0.2, 0.25) is 0 Å². The molecule has 110 heavy (non-hydrogen) atoms. The quantitative estimate of drug-likeness (QED) is 0.0506. The summed E-state index contributed by atoms with van der Waals surface area (Å²) in [7, 11) is 1.59. The van der Waals surface area contributed by atoms with Gasteiger partial charge < -0.3 is 79.1 Å². The largest absolute Gasteiger partial charge is 0.458 e. The lowest BCUT2D eigenvalue weighted by Gasteiger charge is -2.35. The summed E-state index contributed by atoms with van der Waals surface area (Å²) < 4.78 is 36.9. The number of likely N-dealkylation sites (N-methyl/N-ethyl adjacent to an activating group) is 1. The Labute approximate surface area is 625 Å². The van der Waals surface area contributed by atoms with Crippen molar-refractivity contribution < 1.29 is 81.5 Å². The van der Waals surface area contributed by atoms with Gasteiger partial charge in [0.15, 0.2) is 5.60 Å². The van der Waals surface area contributed by atoms with E-state index in [0.29, 0.717) is 59.2 Å². The molecule has 0 radical (unpaired) electrons. The van der Waals surface area contributed by atoms with Gasteiger partial charge in [-0.1, -0.05) is 75.4 Å². The molecule has 6 aromatic heterocycles. The number of hydrogen-bond acceptors (Lipinski definition) is 24. The number of carbonyl (C=O) groups excluding carboxylic acids is 10. The summed E-state index contributed by atoms with van der Waals surface area (Å²) in [6.07, 6.45) is -0.696. The van der Waals surface area contributed by atoms with Crippen LogP contribution in [0.4, 0.5) is 4.79 Å². The van der Waals surface area contributed by atoms with E-state index in [9.17, 15) is 67.4 Å². The molecule has 32 nitrogen and oxygen atoms in total. The lowest BCUT2D eigenvalue weighted by molar-refractivity contribution is -0.189. The standard InChI is InChI=1S/C31H33N5O9.C27H27N5O7.C20H16N2O4/c1-5-31(44-25(39)14-33-23(37)12-32-24(38)13-34-29(42)45-30(2,3)4)20-11-22-26-18(10-17-8-6-7-9-21(17)35-26)15-36(22)27(40)19(20)16-43-28(31)41;1-3-27(39-23(35)12-30-22(34)11-29-21(33)10-28-2)18-9-20-24-16(8-15-6-4-5-7-19(15)31-24)13-32(20)25(36)17(18)14-38-26(27)37;1-2-20(25)14-8-16-17-12(7-11-5-3-4-6-15(11)21-17)9-22(16)18(23)13(14)10-26-19(20)24/h6-11H,5,12-16H2,1-4H3,(H,32,38)(H,33,37)(H,34,42);4-9,28H,3,10-14H2,1-2H3,(H,29,33)(H,30,34);3-8,25H,2,9-10H2,1H3/t31-;27-;20-/m000/s1. The second-order valence-electron chi connectivity index (χ2n) is 27.7. The Morgan fingerprint density at radius 3 is 1.15 bits per heavy atom. The van der Waals surface area contributed by atoms with Gasteiger partial charge in [0.25, 0.3) is 16.7 Å². The normalized spacial score (nSPS) is 17.6. The van der Waals surface area contributed by atoms with Gasteiger partial charge in [0.05, 0.1) is 107 Å². The number of fused-ring (bicyclic) bond motifs is 15. The molecule has 15 rings (SSSR count). The average molecular weight is 1500 g/mol. The molecule has 0 unspecified atom stereocenters. The Balaban J connectivity index is 0.000000150. The number of alkyl carbamates (subject to hydrolysis) is 1. The first-order chi connectivity index (χ1) is 52.6. The summed E-state index contributed by atoms with van der Waals surface area (Å²) >= 11 is 0. The molecule has 6 aliphatic rings. The van der Waals surface area contributed by atoms with Gasteiger partial charge in [0.2, 0.25) is 34.8 Å². The molecule has 0 saturated heterocycles. The number of cyclic esters (lactones) is 3. The van der Waals surface area contributed by atoms with Crippen molar-refractivity contribution in [1.29, 1.82) is 0 Å². The fourth-order valence-electron chi connectivity index (χ4n) is 14.1. The van der Waals surface area contributed by atoms with E-state index in [1.807, 2.05) is 91.0 Å². The van der Waals surface area contributed by atoms with Crippen molar-refractivity contribution in [3.63, 3.8) is 0 Å². The number of pyridine rings is 6. The van der Waals surface area contributed by atoms with Crippen molar-refractivity contribution in [3.8, 4) is 34.2 Å². The van der Waals surface area contributed by atoms with Crippen molar-refractivity contribution in [2.24, 2.45) is 0 Å². The fraction of sp³-hybridized carbons (Fsp3) is 0.333. The highest BCUT2D eigenvalue weighted by atomic mass is 16.6. The summed E-state index contributed by atoms with van der Waals surface area (Å²) in [5.74, 6) is -6.58. The van der Waals surface area contributed by atoms with E-state index >= 15 is 0 Å². The zero-order valence-electron chi connectivity index (χ0n) is 60.9. The number of amides is 5. The van der Waals surface area contributed by atoms with Crippen molar-refractivity contribution in [3.05, 3.63) is 190 Å². The van der Waals surface area contributed by atoms with Gasteiger partial charge in [-0.25, -0.2) is 34.1 Å². The maximum Gasteiger partial charge on any atom is 0.408 e. The Morgan fingerprint density at radius 2 is 0.791 bits per heavy atom. The van der Waals surface area contributed by atoms with Crippen LogP contribution >= 0.6 is 0 Å². The number of aliphatic hydroxyl groups is 1. The third-order valence-electron chi connectivity index (χ3n) is 19.6. The molecule has 0 bridgehead atoms. The first-order valence-corrected chi connectivity index (χ1v) is 35.5. The minimum atomic E-state index is -1.93. The van der Waals surface area contributed by atoms with Crippen LogP contribution in [0.25, 0.3) is 66.9 Å². The van der Waals surface area contributed by atoms with Crippen LogP contribution in [0.3, 0.4) is 0 Å². The van der Waals surface area contributed by atoms with Crippen LogP contribution < -0.4 is 48.6 Å². The predicted octanol–water partition coefficient (Wildman–Crippen LogP) is 3.55. The van der Waals surface area contributed by atoms with Crippen molar-refractivity contribution >= 4 is 92.3 Å². The molecule has 32 heteroatoms. The molecule has 0 fully saturated rings. The SMILES string of the molecule is CC[C@@]1(O)C(=O)OCc2c1cc1n(c2=O)Cc2cc3ccccc3nc2-1.CC[C@@]1(OC(=O)CNC(=O)CNC(=O)CNC(=O)OC(C)(C)C)C(=O)OCc2c1cc1n(c2=O)Cc2cc3ccccc3nc2-1.CC[C@@]1(OC(=O)CNC(=O)CNC(=O)CNC)C(=O)OCc2c1cc1n(c2=O)Cc2cc3ccccc3nc2-1. The summed E-state index contributed by atoms with van der Waals surface area (Å²) in [5.41, 5.74) is 2.88. The number of esters is 5. The van der Waals surface area contributed by atoms with Crippen molar-refractivity contribution in [2.45, 2.75) is 123 Å².